The summed E-state index contributed by atoms with van der Waals surface area (Å²) in [5, 5.41) is 16.1. The number of hydrogen-bond donors (Lipinski definition) is 1. The summed E-state index contributed by atoms with van der Waals surface area (Å²) >= 11 is 0. The van der Waals surface area contributed by atoms with Crippen molar-refractivity contribution in [3.63, 3.8) is 0 Å². The molecule has 6 rings (SSSR count). The van der Waals surface area contributed by atoms with Crippen LogP contribution in [0.25, 0.3) is 5.82 Å². The first-order chi connectivity index (χ1) is 27.8. The standard InChI is InChI=1S/C43H67N7O9/c1-13-32-43(8)37(52)26(4)35(59-43)24(2)18-42(7)38(58-40-34(51)31(49(11)12)16-25(3)56-40)27(5)36(28(6)39(53)57-32)54-20-30(21-55-42)17-29-14-15-33(44-19-29)50-23-46-41(47-50)45-22-48(9)10/h14-15,19,22-28,30-32,34-36,38,40,51H,13,16-18,20-21H2,1-12H3/b45-22+/t24-,25-,26?,27-,28-,30?,31+,32-,34-,35?,36+,38-,40+,42-,43?/m1/s1. The van der Waals surface area contributed by atoms with Crippen LogP contribution in [0.3, 0.4) is 0 Å². The lowest BCUT2D eigenvalue weighted by Gasteiger charge is -2.48. The van der Waals surface area contributed by atoms with Crippen molar-refractivity contribution in [3.05, 3.63) is 30.2 Å². The highest BCUT2D eigenvalue weighted by Crippen LogP contribution is 2.45. The molecular weight excluding hydrogens is 759 g/mol. The fourth-order valence-electron chi connectivity index (χ4n) is 9.73. The molecule has 4 aliphatic heterocycles. The molecule has 2 aromatic heterocycles. The van der Waals surface area contributed by atoms with E-state index in [1.54, 1.807) is 29.2 Å². The third kappa shape index (κ3) is 9.58. The van der Waals surface area contributed by atoms with Gasteiger partial charge in [-0.15, -0.1) is 5.10 Å². The van der Waals surface area contributed by atoms with Gasteiger partial charge in [0.15, 0.2) is 23.5 Å². The Morgan fingerprint density at radius 3 is 2.44 bits per heavy atom. The van der Waals surface area contributed by atoms with Gasteiger partial charge in [0.25, 0.3) is 5.95 Å². The number of rotatable bonds is 9. The molecule has 0 aromatic carbocycles. The van der Waals surface area contributed by atoms with Crippen molar-refractivity contribution in [1.29, 1.82) is 0 Å². The maximum atomic E-state index is 14.3. The zero-order valence-corrected chi connectivity index (χ0v) is 37.0. The van der Waals surface area contributed by atoms with Crippen LogP contribution in [0.5, 0.6) is 0 Å². The summed E-state index contributed by atoms with van der Waals surface area (Å²) in [6.45, 7) is 16.1. The van der Waals surface area contributed by atoms with Gasteiger partial charge in [0, 0.05) is 44.1 Å². The van der Waals surface area contributed by atoms with Crippen LogP contribution in [-0.2, 0) is 44.4 Å². The molecule has 15 atom stereocenters. The monoisotopic (exact) mass is 826 g/mol. The summed E-state index contributed by atoms with van der Waals surface area (Å²) in [4.78, 5) is 45.4. The fourth-order valence-corrected chi connectivity index (χ4v) is 9.73. The molecule has 4 saturated heterocycles. The van der Waals surface area contributed by atoms with Crippen molar-refractivity contribution < 1.29 is 43.1 Å². The second-order valence-corrected chi connectivity index (χ2v) is 18.3. The smallest absolute Gasteiger partial charge is 0.311 e. The number of pyridine rings is 1. The molecule has 0 radical (unpaired) electrons. The molecule has 4 bridgehead atoms. The van der Waals surface area contributed by atoms with Gasteiger partial charge in [0.1, 0.15) is 18.5 Å². The van der Waals surface area contributed by atoms with Crippen LogP contribution in [0.1, 0.15) is 80.2 Å². The maximum absolute atomic E-state index is 14.3. The number of ketones is 1. The van der Waals surface area contributed by atoms with Crippen molar-refractivity contribution in [1.82, 2.24) is 29.5 Å². The number of likely N-dealkylation sites (N-methyl/N-ethyl adjacent to an activating group) is 1. The van der Waals surface area contributed by atoms with Crippen molar-refractivity contribution in [3.8, 4) is 5.82 Å². The third-order valence-corrected chi connectivity index (χ3v) is 13.0. The molecule has 0 aliphatic carbocycles. The average Bonchev–Trinajstić information content (AvgIpc) is 3.77. The first-order valence-corrected chi connectivity index (χ1v) is 21.3. The number of aromatic nitrogens is 4. The lowest BCUT2D eigenvalue weighted by atomic mass is 9.75. The molecule has 0 spiro atoms. The molecule has 2 aromatic rings. The molecule has 16 heteroatoms. The van der Waals surface area contributed by atoms with Crippen LogP contribution in [0.4, 0.5) is 5.95 Å². The van der Waals surface area contributed by atoms with Crippen molar-refractivity contribution in [2.24, 2.45) is 34.6 Å². The number of aliphatic imine (C=N–C) groups is 1. The summed E-state index contributed by atoms with van der Waals surface area (Å²) in [6, 6.07) is 3.68. The van der Waals surface area contributed by atoms with Gasteiger partial charge >= 0.3 is 5.97 Å². The number of aliphatic hydroxyl groups excluding tert-OH is 1. The molecule has 0 saturated carbocycles. The highest BCUT2D eigenvalue weighted by molar-refractivity contribution is 5.92. The van der Waals surface area contributed by atoms with Gasteiger partial charge < -0.3 is 43.3 Å². The number of cyclic esters (lactones) is 1. The maximum Gasteiger partial charge on any atom is 0.311 e. The number of hydrogen-bond acceptors (Lipinski definition) is 14. The number of carbonyl (C=O) groups is 2. The van der Waals surface area contributed by atoms with Gasteiger partial charge in [-0.25, -0.2) is 14.7 Å². The van der Waals surface area contributed by atoms with E-state index in [4.69, 9.17) is 28.4 Å². The highest BCUT2D eigenvalue weighted by Gasteiger charge is 2.58. The Hall–Kier alpha value is -3.38. The summed E-state index contributed by atoms with van der Waals surface area (Å²) in [5.41, 5.74) is -1.36. The van der Waals surface area contributed by atoms with Crippen molar-refractivity contribution in [2.75, 3.05) is 41.4 Å². The van der Waals surface area contributed by atoms with E-state index in [1.165, 1.54) is 0 Å². The van der Waals surface area contributed by atoms with Gasteiger partial charge in [-0.1, -0.05) is 33.8 Å². The largest absolute Gasteiger partial charge is 0.459 e. The Morgan fingerprint density at radius 2 is 1.78 bits per heavy atom. The van der Waals surface area contributed by atoms with E-state index in [2.05, 4.69) is 27.0 Å². The van der Waals surface area contributed by atoms with E-state index in [-0.39, 0.29) is 36.4 Å². The first-order valence-electron chi connectivity index (χ1n) is 21.3. The highest BCUT2D eigenvalue weighted by atomic mass is 16.7. The Bertz CT molecular complexity index is 1780. The van der Waals surface area contributed by atoms with E-state index in [0.29, 0.717) is 44.1 Å². The minimum Gasteiger partial charge on any atom is -0.459 e. The summed E-state index contributed by atoms with van der Waals surface area (Å²) in [6.07, 6.45) is 2.31. The molecule has 6 heterocycles. The minimum atomic E-state index is -1.30. The van der Waals surface area contributed by atoms with Gasteiger partial charge in [-0.3, -0.25) is 9.59 Å². The van der Waals surface area contributed by atoms with E-state index >= 15 is 0 Å². The average molecular weight is 826 g/mol. The van der Waals surface area contributed by atoms with E-state index in [9.17, 15) is 14.7 Å². The van der Waals surface area contributed by atoms with Crippen LogP contribution in [0, 0.1) is 29.6 Å². The molecule has 16 nitrogen and oxygen atoms in total. The number of esters is 1. The number of Topliss-reactive ketones (excluding diaryl/α,β-unsaturated/α-hetero) is 1. The lowest BCUT2D eigenvalue weighted by Crippen LogP contribution is -2.59. The summed E-state index contributed by atoms with van der Waals surface area (Å²) in [5.74, 6) is -1.62. The Labute approximate surface area is 349 Å². The number of fused-ring (bicyclic) bond motifs is 5. The van der Waals surface area contributed by atoms with Crippen LogP contribution in [0.15, 0.2) is 29.6 Å². The first kappa shape index (κ1) is 45.2. The molecule has 4 unspecified atom stereocenters. The predicted molar refractivity (Wildman–Crippen MR) is 219 cm³/mol. The van der Waals surface area contributed by atoms with Crippen molar-refractivity contribution >= 4 is 24.0 Å². The van der Waals surface area contributed by atoms with Crippen LogP contribution >= 0.6 is 0 Å². The molecule has 4 fully saturated rings. The Kier molecular flexibility index (Phi) is 14.0. The molecular formula is C43H67N7O9. The van der Waals surface area contributed by atoms with Crippen LogP contribution in [0.2, 0.25) is 0 Å². The molecule has 59 heavy (non-hydrogen) atoms. The van der Waals surface area contributed by atoms with E-state index in [0.717, 1.165) is 5.56 Å². The molecule has 4 aliphatic rings. The van der Waals surface area contributed by atoms with Crippen LogP contribution in [-0.4, -0.2) is 154 Å². The Balaban J connectivity index is 1.36. The zero-order chi connectivity index (χ0) is 43.0. The van der Waals surface area contributed by atoms with Crippen molar-refractivity contribution in [2.45, 2.75) is 141 Å². The van der Waals surface area contributed by atoms with Gasteiger partial charge in [-0.05, 0) is 85.0 Å². The topological polar surface area (TPSA) is 172 Å². The quantitative estimate of drug-likeness (QED) is 0.218. The number of nitrogens with zero attached hydrogens (tertiary/aromatic N) is 7. The molecule has 1 N–H and O–H groups in total. The molecule has 328 valence electrons. The second kappa shape index (κ2) is 18.3. The number of aliphatic hydroxyl groups is 1. The van der Waals surface area contributed by atoms with Gasteiger partial charge in [-0.2, -0.15) is 4.98 Å². The number of carbonyl (C=O) groups excluding carboxylic acids is 2. The predicted octanol–water partition coefficient (Wildman–Crippen LogP) is 4.02. The Morgan fingerprint density at radius 1 is 1.03 bits per heavy atom. The lowest BCUT2D eigenvalue weighted by molar-refractivity contribution is -0.303. The molecule has 0 amide bonds. The summed E-state index contributed by atoms with van der Waals surface area (Å²) in [7, 11) is 7.63. The zero-order valence-electron chi connectivity index (χ0n) is 37.0. The normalized spacial score (nSPS) is 39.9. The SMILES string of the molecule is CC[C@H]1OC(=O)[C@H](C)[C@H]2OCC(Cc3ccc(-n4cnc(/N=C/N(C)C)n4)nc3)CO[C@](C)(C[C@@H](C)C3OC1(C)C(=O)C3C)[C@H](O[C@@H]1O[C@H](C)C[C@H](N(C)C)[C@H]1O)[C@@H]2C. The van der Waals surface area contributed by atoms with Crippen LogP contribution < -0.4 is 0 Å². The van der Waals surface area contributed by atoms with Gasteiger partial charge in [0.2, 0.25) is 0 Å². The fraction of sp³-hybridized carbons (Fsp3) is 0.767. The third-order valence-electron chi connectivity index (χ3n) is 13.0. The van der Waals surface area contributed by atoms with E-state index in [1.807, 2.05) is 93.0 Å². The number of ether oxygens (including phenoxy) is 6. The second-order valence-electron chi connectivity index (χ2n) is 18.3. The summed E-state index contributed by atoms with van der Waals surface area (Å²) < 4.78 is 42.0. The minimum absolute atomic E-state index is 0.0798. The van der Waals surface area contributed by atoms with E-state index < -0.39 is 71.7 Å². The van der Waals surface area contributed by atoms with Gasteiger partial charge in [0.05, 0.1) is 55.5 Å².